The van der Waals surface area contributed by atoms with E-state index in [1.165, 1.54) is 5.56 Å². The Kier molecular flexibility index (Phi) is 6.11. The number of hydrogen-bond donors (Lipinski definition) is 1. The van der Waals surface area contributed by atoms with Gasteiger partial charge in [0.15, 0.2) is 6.61 Å². The first-order valence-corrected chi connectivity index (χ1v) is 8.72. The molecule has 0 radical (unpaired) electrons. The molecule has 0 atom stereocenters. The van der Waals surface area contributed by atoms with E-state index in [2.05, 4.69) is 18.3 Å². The third kappa shape index (κ3) is 4.76. The van der Waals surface area contributed by atoms with Crippen LogP contribution in [0, 0.1) is 20.8 Å². The molecule has 1 amide bonds. The van der Waals surface area contributed by atoms with Gasteiger partial charge in [-0.05, 0) is 61.4 Å². The molecule has 0 spiro atoms. The standard InChI is InChI=1S/C19H23NO2S/c1-5-23-18-9-7-6-8-16(18)20-19(21)12-22-17-11-13(2)10-14(3)15(17)4/h6-11H,5,12H2,1-4H3,(H,20,21). The number of nitrogens with one attached hydrogen (secondary N) is 1. The quantitative estimate of drug-likeness (QED) is 0.778. The SMILES string of the molecule is CCSc1ccccc1NC(=O)COc1cc(C)cc(C)c1C. The zero-order chi connectivity index (χ0) is 16.8. The normalized spacial score (nSPS) is 10.4. The number of thioether (sulfide) groups is 1. The maximum absolute atomic E-state index is 12.2. The molecule has 2 aromatic carbocycles. The van der Waals surface area contributed by atoms with Gasteiger partial charge in [0, 0.05) is 4.90 Å². The van der Waals surface area contributed by atoms with Gasteiger partial charge in [0.25, 0.3) is 5.91 Å². The third-order valence-electron chi connectivity index (χ3n) is 3.58. The van der Waals surface area contributed by atoms with Crippen molar-refractivity contribution >= 4 is 23.4 Å². The minimum atomic E-state index is -0.146. The molecule has 0 bridgehead atoms. The van der Waals surface area contributed by atoms with Gasteiger partial charge in [-0.1, -0.05) is 25.1 Å². The van der Waals surface area contributed by atoms with Crippen molar-refractivity contribution in [1.82, 2.24) is 0 Å². The van der Waals surface area contributed by atoms with Gasteiger partial charge in [0.1, 0.15) is 5.75 Å². The van der Waals surface area contributed by atoms with Crippen molar-refractivity contribution in [2.24, 2.45) is 0 Å². The van der Waals surface area contributed by atoms with E-state index < -0.39 is 0 Å². The fraction of sp³-hybridized carbons (Fsp3) is 0.316. The zero-order valence-electron chi connectivity index (χ0n) is 14.1. The topological polar surface area (TPSA) is 38.3 Å². The fourth-order valence-corrected chi connectivity index (χ4v) is 3.09. The first kappa shape index (κ1) is 17.4. The molecule has 0 saturated carbocycles. The molecule has 0 aliphatic heterocycles. The summed E-state index contributed by atoms with van der Waals surface area (Å²) in [6, 6.07) is 11.9. The lowest BCUT2D eigenvalue weighted by molar-refractivity contribution is -0.118. The van der Waals surface area contributed by atoms with E-state index in [-0.39, 0.29) is 12.5 Å². The van der Waals surface area contributed by atoms with Crippen LogP contribution >= 0.6 is 11.8 Å². The Hall–Kier alpha value is -1.94. The fourth-order valence-electron chi connectivity index (χ4n) is 2.33. The highest BCUT2D eigenvalue weighted by Gasteiger charge is 2.09. The second-order valence-corrected chi connectivity index (χ2v) is 6.78. The summed E-state index contributed by atoms with van der Waals surface area (Å²) in [4.78, 5) is 13.3. The summed E-state index contributed by atoms with van der Waals surface area (Å²) in [7, 11) is 0. The molecule has 2 rings (SSSR count). The van der Waals surface area contributed by atoms with Gasteiger partial charge in [-0.25, -0.2) is 0 Å². The number of aryl methyl sites for hydroxylation is 2. The number of para-hydroxylation sites is 1. The molecule has 23 heavy (non-hydrogen) atoms. The monoisotopic (exact) mass is 329 g/mol. The first-order valence-electron chi connectivity index (χ1n) is 7.73. The van der Waals surface area contributed by atoms with Crippen LogP contribution in [-0.2, 0) is 4.79 Å². The molecular weight excluding hydrogens is 306 g/mol. The molecule has 0 fully saturated rings. The average Bonchev–Trinajstić information content (AvgIpc) is 2.51. The number of hydrogen-bond acceptors (Lipinski definition) is 3. The van der Waals surface area contributed by atoms with Crippen LogP contribution in [0.15, 0.2) is 41.3 Å². The Bertz CT molecular complexity index is 698. The van der Waals surface area contributed by atoms with E-state index in [1.807, 2.05) is 51.1 Å². The predicted molar refractivity (Wildman–Crippen MR) is 97.6 cm³/mol. The van der Waals surface area contributed by atoms with Crippen LogP contribution in [-0.4, -0.2) is 18.3 Å². The van der Waals surface area contributed by atoms with Crippen molar-refractivity contribution in [1.29, 1.82) is 0 Å². The number of carbonyl (C=O) groups excluding carboxylic acids is 1. The Morgan fingerprint density at radius 1 is 1.17 bits per heavy atom. The van der Waals surface area contributed by atoms with Gasteiger partial charge < -0.3 is 10.1 Å². The second-order valence-electron chi connectivity index (χ2n) is 5.47. The number of carbonyl (C=O) groups is 1. The molecule has 122 valence electrons. The molecule has 0 heterocycles. The molecule has 0 aliphatic carbocycles. The molecule has 0 unspecified atom stereocenters. The summed E-state index contributed by atoms with van der Waals surface area (Å²) >= 11 is 1.71. The van der Waals surface area contributed by atoms with Crippen LogP contribution < -0.4 is 10.1 Å². The van der Waals surface area contributed by atoms with Gasteiger partial charge in [-0.3, -0.25) is 4.79 Å². The maximum Gasteiger partial charge on any atom is 0.262 e. The summed E-state index contributed by atoms with van der Waals surface area (Å²) in [5.41, 5.74) is 4.22. The van der Waals surface area contributed by atoms with Gasteiger partial charge in [0.05, 0.1) is 5.69 Å². The maximum atomic E-state index is 12.2. The van der Waals surface area contributed by atoms with Crippen LogP contribution in [0.2, 0.25) is 0 Å². The number of rotatable bonds is 6. The van der Waals surface area contributed by atoms with Gasteiger partial charge in [0.2, 0.25) is 0 Å². The first-order chi connectivity index (χ1) is 11.0. The summed E-state index contributed by atoms with van der Waals surface area (Å²) in [5.74, 6) is 1.59. The highest BCUT2D eigenvalue weighted by molar-refractivity contribution is 7.99. The lowest BCUT2D eigenvalue weighted by atomic mass is 10.1. The number of amides is 1. The molecule has 4 heteroatoms. The highest BCUT2D eigenvalue weighted by Crippen LogP contribution is 2.27. The van der Waals surface area contributed by atoms with Gasteiger partial charge in [-0.15, -0.1) is 11.8 Å². The van der Waals surface area contributed by atoms with Crippen molar-refractivity contribution in [2.45, 2.75) is 32.6 Å². The summed E-state index contributed by atoms with van der Waals surface area (Å²) in [5, 5.41) is 2.93. The van der Waals surface area contributed by atoms with Crippen LogP contribution in [0.4, 0.5) is 5.69 Å². The molecule has 1 N–H and O–H groups in total. The number of anilines is 1. The van der Waals surface area contributed by atoms with Gasteiger partial charge >= 0.3 is 0 Å². The highest BCUT2D eigenvalue weighted by atomic mass is 32.2. The lowest BCUT2D eigenvalue weighted by Crippen LogP contribution is -2.20. The Morgan fingerprint density at radius 2 is 1.91 bits per heavy atom. The molecule has 0 aromatic heterocycles. The van der Waals surface area contributed by atoms with Crippen LogP contribution in [0.5, 0.6) is 5.75 Å². The van der Waals surface area contributed by atoms with Crippen molar-refractivity contribution in [2.75, 3.05) is 17.7 Å². The van der Waals surface area contributed by atoms with Crippen molar-refractivity contribution < 1.29 is 9.53 Å². The molecular formula is C19H23NO2S. The summed E-state index contributed by atoms with van der Waals surface area (Å²) in [6.45, 7) is 8.18. The Balaban J connectivity index is 2.01. The van der Waals surface area contributed by atoms with E-state index >= 15 is 0 Å². The van der Waals surface area contributed by atoms with Crippen molar-refractivity contribution in [3.8, 4) is 5.75 Å². The second kappa shape index (κ2) is 8.06. The van der Waals surface area contributed by atoms with E-state index in [1.54, 1.807) is 11.8 Å². The lowest BCUT2D eigenvalue weighted by Gasteiger charge is -2.13. The minimum Gasteiger partial charge on any atom is -0.483 e. The van der Waals surface area contributed by atoms with Crippen LogP contribution in [0.1, 0.15) is 23.6 Å². The van der Waals surface area contributed by atoms with Crippen molar-refractivity contribution in [3.05, 3.63) is 53.1 Å². The van der Waals surface area contributed by atoms with Gasteiger partial charge in [-0.2, -0.15) is 0 Å². The summed E-state index contributed by atoms with van der Waals surface area (Å²) < 4.78 is 5.71. The molecule has 0 saturated heterocycles. The zero-order valence-corrected chi connectivity index (χ0v) is 14.9. The van der Waals surface area contributed by atoms with E-state index in [4.69, 9.17) is 4.74 Å². The van der Waals surface area contributed by atoms with Crippen LogP contribution in [0.3, 0.4) is 0 Å². The van der Waals surface area contributed by atoms with Crippen molar-refractivity contribution in [3.63, 3.8) is 0 Å². The largest absolute Gasteiger partial charge is 0.483 e. The Labute approximate surface area is 142 Å². The predicted octanol–water partition coefficient (Wildman–Crippen LogP) is 4.74. The third-order valence-corrected chi connectivity index (χ3v) is 4.54. The summed E-state index contributed by atoms with van der Waals surface area (Å²) in [6.07, 6.45) is 0. The van der Waals surface area contributed by atoms with E-state index in [9.17, 15) is 4.79 Å². The molecule has 3 nitrogen and oxygen atoms in total. The molecule has 0 aliphatic rings. The number of benzene rings is 2. The van der Waals surface area contributed by atoms with E-state index in [0.717, 1.165) is 33.2 Å². The number of ether oxygens (including phenoxy) is 1. The smallest absolute Gasteiger partial charge is 0.262 e. The van der Waals surface area contributed by atoms with E-state index in [0.29, 0.717) is 0 Å². The Morgan fingerprint density at radius 3 is 2.65 bits per heavy atom. The molecule has 2 aromatic rings. The average molecular weight is 329 g/mol. The minimum absolute atomic E-state index is 0.00879. The van der Waals surface area contributed by atoms with Crippen LogP contribution in [0.25, 0.3) is 0 Å².